The number of hydrogen-bond acceptors (Lipinski definition) is 6. The predicted molar refractivity (Wildman–Crippen MR) is 101 cm³/mol. The normalized spacial score (nSPS) is 10.6. The van der Waals surface area contributed by atoms with Gasteiger partial charge in [0.15, 0.2) is 18.3 Å². The highest BCUT2D eigenvalue weighted by Gasteiger charge is 2.12. The molecule has 8 heteroatoms. The van der Waals surface area contributed by atoms with E-state index in [-0.39, 0.29) is 5.75 Å². The molecule has 1 N–H and O–H groups in total. The number of halogens is 1. The number of ether oxygens (including phenoxy) is 2. The average Bonchev–Trinajstić information content (AvgIpc) is 3.01. The number of nitrogens with one attached hydrogen (secondary N) is 1. The molecule has 140 valence electrons. The Morgan fingerprint density at radius 1 is 1.19 bits per heavy atom. The number of aryl methyl sites for hydroxylation is 2. The van der Waals surface area contributed by atoms with Gasteiger partial charge in [-0.25, -0.2) is 14.2 Å². The van der Waals surface area contributed by atoms with Gasteiger partial charge in [-0.3, -0.25) is 10.1 Å². The Labute approximate surface area is 158 Å². The molecule has 3 rings (SSSR count). The van der Waals surface area contributed by atoms with Crippen molar-refractivity contribution in [3.63, 3.8) is 0 Å². The van der Waals surface area contributed by atoms with Crippen LogP contribution in [0.1, 0.15) is 11.1 Å². The van der Waals surface area contributed by atoms with Crippen molar-refractivity contribution in [2.24, 2.45) is 0 Å². The van der Waals surface area contributed by atoms with Gasteiger partial charge < -0.3 is 9.47 Å². The molecule has 0 aliphatic heterocycles. The molecule has 27 heavy (non-hydrogen) atoms. The van der Waals surface area contributed by atoms with Crippen molar-refractivity contribution in [1.29, 1.82) is 0 Å². The fourth-order valence-electron chi connectivity index (χ4n) is 2.47. The molecule has 0 atom stereocenters. The monoisotopic (exact) mass is 388 g/mol. The number of carbonyl (C=O) groups excluding carboxylic acids is 2. The molecule has 0 saturated heterocycles. The molecule has 0 bridgehead atoms. The number of thiazole rings is 1. The van der Waals surface area contributed by atoms with Gasteiger partial charge in [-0.2, -0.15) is 0 Å². The van der Waals surface area contributed by atoms with E-state index in [4.69, 9.17) is 9.47 Å². The van der Waals surface area contributed by atoms with Crippen LogP contribution in [-0.2, 0) is 14.3 Å². The van der Waals surface area contributed by atoms with Crippen molar-refractivity contribution in [3.8, 4) is 5.75 Å². The van der Waals surface area contributed by atoms with E-state index in [9.17, 15) is 14.0 Å². The molecule has 0 aliphatic rings. The number of rotatable bonds is 6. The maximum atomic E-state index is 13.0. The number of aromatic nitrogens is 1. The zero-order valence-electron chi connectivity index (χ0n) is 14.7. The number of anilines is 1. The van der Waals surface area contributed by atoms with Gasteiger partial charge in [-0.1, -0.05) is 23.5 Å². The van der Waals surface area contributed by atoms with E-state index >= 15 is 0 Å². The van der Waals surface area contributed by atoms with Crippen molar-refractivity contribution in [3.05, 3.63) is 53.3 Å². The second-order valence-corrected chi connectivity index (χ2v) is 6.93. The Bertz CT molecular complexity index is 1000. The molecule has 1 aromatic heterocycles. The molecule has 1 amide bonds. The molecular formula is C19H17FN2O4S. The average molecular weight is 388 g/mol. The van der Waals surface area contributed by atoms with Crippen LogP contribution in [0, 0.1) is 19.7 Å². The molecule has 3 aromatic rings. The quantitative estimate of drug-likeness (QED) is 0.653. The van der Waals surface area contributed by atoms with E-state index < -0.39 is 30.9 Å². The summed E-state index contributed by atoms with van der Waals surface area (Å²) in [6.45, 7) is 3.08. The first-order valence-corrected chi connectivity index (χ1v) is 8.94. The van der Waals surface area contributed by atoms with Crippen LogP contribution in [0.5, 0.6) is 5.75 Å². The van der Waals surface area contributed by atoms with Crippen LogP contribution in [0.2, 0.25) is 0 Å². The highest BCUT2D eigenvalue weighted by Crippen LogP contribution is 2.29. The molecule has 0 saturated carbocycles. The van der Waals surface area contributed by atoms with Gasteiger partial charge >= 0.3 is 5.97 Å². The number of fused-ring (bicyclic) bond motifs is 1. The lowest BCUT2D eigenvalue weighted by Gasteiger charge is -2.06. The first-order chi connectivity index (χ1) is 12.9. The number of esters is 1. The summed E-state index contributed by atoms with van der Waals surface area (Å²) < 4.78 is 24.0. The van der Waals surface area contributed by atoms with Crippen LogP contribution < -0.4 is 10.1 Å². The summed E-state index contributed by atoms with van der Waals surface area (Å²) in [5.74, 6) is -1.49. The topological polar surface area (TPSA) is 77.5 Å². The minimum absolute atomic E-state index is 0.205. The highest BCUT2D eigenvalue weighted by molar-refractivity contribution is 7.22. The number of nitrogens with zero attached hydrogens (tertiary/aromatic N) is 1. The lowest BCUT2D eigenvalue weighted by Crippen LogP contribution is -2.23. The summed E-state index contributed by atoms with van der Waals surface area (Å²) in [4.78, 5) is 28.0. The number of hydrogen-bond donors (Lipinski definition) is 1. The minimum atomic E-state index is -0.731. The Hall–Kier alpha value is -3.00. The third kappa shape index (κ3) is 5.01. The largest absolute Gasteiger partial charge is 0.482 e. The lowest BCUT2D eigenvalue weighted by molar-refractivity contribution is -0.149. The van der Waals surface area contributed by atoms with Crippen molar-refractivity contribution in [2.45, 2.75) is 13.8 Å². The van der Waals surface area contributed by atoms with Gasteiger partial charge in [0.1, 0.15) is 11.6 Å². The smallest absolute Gasteiger partial charge is 0.344 e. The molecule has 1 heterocycles. The van der Waals surface area contributed by atoms with Gasteiger partial charge in [-0.15, -0.1) is 0 Å². The maximum Gasteiger partial charge on any atom is 0.344 e. The van der Waals surface area contributed by atoms with Crippen molar-refractivity contribution in [1.82, 2.24) is 4.98 Å². The third-order valence-corrected chi connectivity index (χ3v) is 4.51. The third-order valence-electron chi connectivity index (χ3n) is 3.59. The van der Waals surface area contributed by atoms with E-state index in [0.29, 0.717) is 5.13 Å². The van der Waals surface area contributed by atoms with Crippen LogP contribution in [0.3, 0.4) is 0 Å². The second kappa shape index (κ2) is 8.13. The van der Waals surface area contributed by atoms with Crippen molar-refractivity contribution >= 4 is 38.6 Å². The fraction of sp³-hybridized carbons (Fsp3) is 0.211. The highest BCUT2D eigenvalue weighted by atomic mass is 32.1. The predicted octanol–water partition coefficient (Wildman–Crippen LogP) is 3.61. The standard InChI is InChI=1S/C19H17FN2O4S/c1-11-6-12(2)18-15(7-11)27-19(22-18)21-16(23)9-26-17(24)10-25-14-5-3-4-13(20)8-14/h3-8H,9-10H2,1-2H3,(H,21,22,23). The molecule has 0 fully saturated rings. The van der Waals surface area contributed by atoms with Crippen LogP contribution in [-0.4, -0.2) is 30.1 Å². The van der Waals surface area contributed by atoms with Gasteiger partial charge in [0.2, 0.25) is 0 Å². The van der Waals surface area contributed by atoms with E-state index in [1.54, 1.807) is 0 Å². The van der Waals surface area contributed by atoms with Crippen LogP contribution in [0.4, 0.5) is 9.52 Å². The summed E-state index contributed by atoms with van der Waals surface area (Å²) in [6, 6.07) is 9.41. The van der Waals surface area contributed by atoms with Gasteiger partial charge in [0.05, 0.1) is 10.2 Å². The van der Waals surface area contributed by atoms with Gasteiger partial charge in [0, 0.05) is 6.07 Å². The van der Waals surface area contributed by atoms with Crippen LogP contribution >= 0.6 is 11.3 Å². The van der Waals surface area contributed by atoms with Crippen molar-refractivity contribution in [2.75, 3.05) is 18.5 Å². The maximum absolute atomic E-state index is 13.0. The minimum Gasteiger partial charge on any atom is -0.482 e. The number of amides is 1. The van der Waals surface area contributed by atoms with Crippen LogP contribution in [0.15, 0.2) is 36.4 Å². The second-order valence-electron chi connectivity index (χ2n) is 5.90. The Balaban J connectivity index is 1.49. The summed E-state index contributed by atoms with van der Waals surface area (Å²) >= 11 is 1.35. The van der Waals surface area contributed by atoms with E-state index in [2.05, 4.69) is 10.3 Å². The molecule has 0 spiro atoms. The zero-order valence-corrected chi connectivity index (χ0v) is 15.6. The van der Waals surface area contributed by atoms with E-state index in [1.807, 2.05) is 26.0 Å². The Morgan fingerprint density at radius 2 is 2.00 bits per heavy atom. The summed E-state index contributed by atoms with van der Waals surface area (Å²) in [5.41, 5.74) is 2.98. The van der Waals surface area contributed by atoms with Gasteiger partial charge in [-0.05, 0) is 43.2 Å². The van der Waals surface area contributed by atoms with Gasteiger partial charge in [0.25, 0.3) is 5.91 Å². The first kappa shape index (κ1) is 18.8. The lowest BCUT2D eigenvalue weighted by atomic mass is 10.1. The van der Waals surface area contributed by atoms with Crippen molar-refractivity contribution < 1.29 is 23.5 Å². The van der Waals surface area contributed by atoms with E-state index in [1.165, 1.54) is 29.5 Å². The SMILES string of the molecule is Cc1cc(C)c2nc(NC(=O)COC(=O)COc3cccc(F)c3)sc2c1. The Kier molecular flexibility index (Phi) is 5.66. The zero-order chi connectivity index (χ0) is 19.4. The summed E-state index contributed by atoms with van der Waals surface area (Å²) in [5, 5.41) is 3.06. The number of carbonyl (C=O) groups is 2. The van der Waals surface area contributed by atoms with Crippen LogP contribution in [0.25, 0.3) is 10.2 Å². The van der Waals surface area contributed by atoms with E-state index in [0.717, 1.165) is 27.4 Å². The summed E-state index contributed by atoms with van der Waals surface area (Å²) in [7, 11) is 0. The fourth-order valence-corrected chi connectivity index (χ4v) is 3.52. The molecule has 2 aromatic carbocycles. The molecular weight excluding hydrogens is 371 g/mol. The molecule has 0 radical (unpaired) electrons. The molecule has 6 nitrogen and oxygen atoms in total. The molecule has 0 unspecified atom stereocenters. The first-order valence-electron chi connectivity index (χ1n) is 8.12. The molecule has 0 aliphatic carbocycles. The Morgan fingerprint density at radius 3 is 2.78 bits per heavy atom. The number of benzene rings is 2. The summed E-state index contributed by atoms with van der Waals surface area (Å²) in [6.07, 6.45) is 0.